The third-order valence-corrected chi connectivity index (χ3v) is 5.76. The highest BCUT2D eigenvalue weighted by atomic mass is 32.2. The van der Waals surface area contributed by atoms with Crippen molar-refractivity contribution in [3.63, 3.8) is 0 Å². The van der Waals surface area contributed by atoms with Crippen LogP contribution in [0.25, 0.3) is 0 Å². The largest absolute Gasteiger partial charge is 0.357 e. The molecule has 0 atom stereocenters. The van der Waals surface area contributed by atoms with Crippen LogP contribution in [0.3, 0.4) is 0 Å². The van der Waals surface area contributed by atoms with Gasteiger partial charge >= 0.3 is 0 Å². The van der Waals surface area contributed by atoms with E-state index >= 15 is 0 Å². The van der Waals surface area contributed by atoms with Crippen LogP contribution in [0.15, 0.2) is 47.5 Å². The second kappa shape index (κ2) is 8.94. The fraction of sp³-hybridized carbons (Fsp3) is 0.333. The van der Waals surface area contributed by atoms with Gasteiger partial charge in [0.2, 0.25) is 0 Å². The number of hydrogen-bond acceptors (Lipinski definition) is 6. The van der Waals surface area contributed by atoms with Crippen LogP contribution >= 0.6 is 0 Å². The lowest BCUT2D eigenvalue weighted by Crippen LogP contribution is -2.26. The van der Waals surface area contributed by atoms with Gasteiger partial charge in [-0.25, -0.2) is 13.4 Å². The first kappa shape index (κ1) is 20.8. The van der Waals surface area contributed by atoms with Crippen molar-refractivity contribution >= 4 is 27.4 Å². The van der Waals surface area contributed by atoms with Gasteiger partial charge < -0.3 is 10.2 Å². The van der Waals surface area contributed by atoms with E-state index in [-0.39, 0.29) is 10.5 Å². The van der Waals surface area contributed by atoms with E-state index < -0.39 is 15.9 Å². The number of benzene rings is 1. The Morgan fingerprint density at radius 2 is 1.89 bits per heavy atom. The first-order valence-electron chi connectivity index (χ1n) is 8.48. The van der Waals surface area contributed by atoms with Crippen molar-refractivity contribution in [2.75, 3.05) is 37.5 Å². The van der Waals surface area contributed by atoms with Gasteiger partial charge in [-0.05, 0) is 44.2 Å². The van der Waals surface area contributed by atoms with Crippen LogP contribution in [0.1, 0.15) is 24.2 Å². The first-order valence-corrected chi connectivity index (χ1v) is 9.93. The van der Waals surface area contributed by atoms with Crippen LogP contribution in [0, 0.1) is 0 Å². The molecule has 8 nitrogen and oxygen atoms in total. The lowest BCUT2D eigenvalue weighted by Gasteiger charge is -2.19. The number of hydroxylamine groups is 1. The Labute approximate surface area is 159 Å². The van der Waals surface area contributed by atoms with Crippen molar-refractivity contribution < 1.29 is 18.0 Å². The molecule has 1 amide bonds. The van der Waals surface area contributed by atoms with Gasteiger partial charge in [0, 0.05) is 25.7 Å². The van der Waals surface area contributed by atoms with Crippen LogP contribution < -0.4 is 10.2 Å². The number of nitrogens with zero attached hydrogens (tertiary/aromatic N) is 3. The number of nitrogens with one attached hydrogen (secondary N) is 1. The van der Waals surface area contributed by atoms with E-state index in [1.807, 2.05) is 19.9 Å². The molecule has 0 saturated carbocycles. The molecule has 0 fully saturated rings. The zero-order chi connectivity index (χ0) is 20.0. The van der Waals surface area contributed by atoms with E-state index in [0.717, 1.165) is 23.4 Å². The molecule has 1 aromatic carbocycles. The smallest absolute Gasteiger partial charge is 0.264 e. The predicted molar refractivity (Wildman–Crippen MR) is 104 cm³/mol. The minimum absolute atomic E-state index is 0.0329. The Morgan fingerprint density at radius 3 is 2.44 bits per heavy atom. The summed E-state index contributed by atoms with van der Waals surface area (Å²) in [7, 11) is -1.29. The molecular formula is C18H24N4O4S. The van der Waals surface area contributed by atoms with E-state index in [9.17, 15) is 13.2 Å². The van der Waals surface area contributed by atoms with Crippen molar-refractivity contribution in [3.05, 3.63) is 48.2 Å². The van der Waals surface area contributed by atoms with E-state index in [1.54, 1.807) is 18.3 Å². The van der Waals surface area contributed by atoms with Crippen LogP contribution in [0.2, 0.25) is 0 Å². The number of hydrogen-bond donors (Lipinski definition) is 1. The Kier molecular flexibility index (Phi) is 6.89. The number of pyridine rings is 1. The maximum atomic E-state index is 12.5. The summed E-state index contributed by atoms with van der Waals surface area (Å²) >= 11 is 0. The topological polar surface area (TPSA) is 91.8 Å². The van der Waals surface area contributed by atoms with Crippen molar-refractivity contribution in [2.24, 2.45) is 0 Å². The van der Waals surface area contributed by atoms with Crippen LogP contribution in [-0.4, -0.2) is 51.0 Å². The highest BCUT2D eigenvalue weighted by molar-refractivity contribution is 7.89. The van der Waals surface area contributed by atoms with E-state index in [1.165, 1.54) is 32.4 Å². The molecule has 0 spiro atoms. The van der Waals surface area contributed by atoms with E-state index in [2.05, 4.69) is 15.2 Å². The summed E-state index contributed by atoms with van der Waals surface area (Å²) in [5.74, 6) is 0.401. The fourth-order valence-electron chi connectivity index (χ4n) is 2.44. The highest BCUT2D eigenvalue weighted by Crippen LogP contribution is 2.18. The van der Waals surface area contributed by atoms with Gasteiger partial charge in [-0.3, -0.25) is 9.63 Å². The number of sulfonamides is 1. The molecule has 9 heteroatoms. The summed E-state index contributed by atoms with van der Waals surface area (Å²) in [6.45, 7) is 5.77. The zero-order valence-corrected chi connectivity index (χ0v) is 16.7. The molecular weight excluding hydrogens is 368 g/mol. The van der Waals surface area contributed by atoms with Gasteiger partial charge in [-0.15, -0.1) is 0 Å². The molecule has 1 N–H and O–H groups in total. The molecule has 146 valence electrons. The standard InChI is InChI=1S/C18H24N4O4S/c1-5-22(6-2)17-11-10-15(13-19-17)20-18(23)14-8-7-9-16(12-14)27(24,25)21(3)26-4/h7-13H,5-6H2,1-4H3,(H,20,23). The summed E-state index contributed by atoms with van der Waals surface area (Å²) < 4.78 is 25.4. The van der Waals surface area contributed by atoms with Crippen LogP contribution in [0.5, 0.6) is 0 Å². The van der Waals surface area contributed by atoms with Crippen LogP contribution in [0.4, 0.5) is 11.5 Å². The number of carbonyl (C=O) groups excluding carboxylic acids is 1. The van der Waals surface area contributed by atoms with Crippen molar-refractivity contribution in [2.45, 2.75) is 18.7 Å². The molecule has 2 aromatic rings. The lowest BCUT2D eigenvalue weighted by atomic mass is 10.2. The third kappa shape index (κ3) is 4.82. The average molecular weight is 392 g/mol. The number of carbonyl (C=O) groups is 1. The summed E-state index contributed by atoms with van der Waals surface area (Å²) in [5.41, 5.74) is 0.742. The number of rotatable bonds is 8. The summed E-state index contributed by atoms with van der Waals surface area (Å²) in [6, 6.07) is 9.35. The Hall–Kier alpha value is -2.49. The molecule has 2 rings (SSSR count). The minimum Gasteiger partial charge on any atom is -0.357 e. The van der Waals surface area contributed by atoms with E-state index in [0.29, 0.717) is 5.69 Å². The Bertz CT molecular complexity index is 880. The number of aromatic nitrogens is 1. The molecule has 0 radical (unpaired) electrons. The normalized spacial score (nSPS) is 11.4. The van der Waals surface area contributed by atoms with Gasteiger partial charge in [0.1, 0.15) is 5.82 Å². The fourth-order valence-corrected chi connectivity index (χ4v) is 3.46. The molecule has 1 aromatic heterocycles. The Morgan fingerprint density at radius 1 is 1.19 bits per heavy atom. The molecule has 27 heavy (non-hydrogen) atoms. The quantitative estimate of drug-likeness (QED) is 0.694. The molecule has 0 bridgehead atoms. The molecule has 0 aliphatic carbocycles. The maximum Gasteiger partial charge on any atom is 0.264 e. The van der Waals surface area contributed by atoms with Gasteiger partial charge in [0.15, 0.2) is 0 Å². The molecule has 1 heterocycles. The van der Waals surface area contributed by atoms with Gasteiger partial charge in [0.05, 0.1) is 23.9 Å². The van der Waals surface area contributed by atoms with Crippen LogP contribution in [-0.2, 0) is 14.9 Å². The number of amides is 1. The monoisotopic (exact) mass is 392 g/mol. The van der Waals surface area contributed by atoms with Crippen molar-refractivity contribution in [1.29, 1.82) is 0 Å². The summed E-state index contributed by atoms with van der Waals surface area (Å²) in [5, 5.41) is 2.72. The average Bonchev–Trinajstić information content (AvgIpc) is 2.69. The molecule has 0 unspecified atom stereocenters. The Balaban J connectivity index is 2.18. The molecule has 0 aliphatic heterocycles. The zero-order valence-electron chi connectivity index (χ0n) is 15.8. The summed E-state index contributed by atoms with van der Waals surface area (Å²) in [6.07, 6.45) is 1.57. The van der Waals surface area contributed by atoms with Crippen molar-refractivity contribution in [3.8, 4) is 0 Å². The molecule has 0 aliphatic rings. The predicted octanol–water partition coefficient (Wildman–Crippen LogP) is 2.36. The third-order valence-electron chi connectivity index (χ3n) is 4.08. The first-order chi connectivity index (χ1) is 12.8. The second-order valence-corrected chi connectivity index (χ2v) is 7.59. The second-order valence-electron chi connectivity index (χ2n) is 5.66. The SMILES string of the molecule is CCN(CC)c1ccc(NC(=O)c2cccc(S(=O)(=O)N(C)OC)c2)cn1. The lowest BCUT2D eigenvalue weighted by molar-refractivity contribution is -0.0258. The van der Waals surface area contributed by atoms with Gasteiger partial charge in [0.25, 0.3) is 15.9 Å². The van der Waals surface area contributed by atoms with Gasteiger partial charge in [-0.2, -0.15) is 0 Å². The molecule has 0 saturated heterocycles. The summed E-state index contributed by atoms with van der Waals surface area (Å²) in [4.78, 5) is 23.6. The van der Waals surface area contributed by atoms with E-state index in [4.69, 9.17) is 4.84 Å². The van der Waals surface area contributed by atoms with Crippen molar-refractivity contribution in [1.82, 2.24) is 9.45 Å². The minimum atomic E-state index is -3.83. The maximum absolute atomic E-state index is 12.5. The number of anilines is 2. The highest BCUT2D eigenvalue weighted by Gasteiger charge is 2.22. The van der Waals surface area contributed by atoms with Gasteiger partial charge in [-0.1, -0.05) is 10.5 Å².